The molecule has 7 nitrogen and oxygen atoms in total. The highest BCUT2D eigenvalue weighted by Crippen LogP contribution is 2.22. The van der Waals surface area contributed by atoms with Crippen molar-refractivity contribution in [1.82, 2.24) is 10.3 Å². The highest BCUT2D eigenvalue weighted by atomic mass is 16.2. The first kappa shape index (κ1) is 17.7. The van der Waals surface area contributed by atoms with Gasteiger partial charge < -0.3 is 16.0 Å². The van der Waals surface area contributed by atoms with E-state index in [4.69, 9.17) is 0 Å². The Morgan fingerprint density at radius 2 is 1.86 bits per heavy atom. The fourth-order valence-corrected chi connectivity index (χ4v) is 3.21. The van der Waals surface area contributed by atoms with Crippen LogP contribution in [0.15, 0.2) is 60.8 Å². The summed E-state index contributed by atoms with van der Waals surface area (Å²) < 4.78 is 0. The fourth-order valence-electron chi connectivity index (χ4n) is 3.21. The third-order valence-corrected chi connectivity index (χ3v) is 4.62. The molecule has 4 rings (SSSR count). The van der Waals surface area contributed by atoms with Crippen LogP contribution >= 0.6 is 0 Å². The Hall–Kier alpha value is -3.74. The molecule has 3 N–H and O–H groups in total. The molecule has 0 unspecified atom stereocenters. The maximum absolute atomic E-state index is 12.4. The van der Waals surface area contributed by atoms with Gasteiger partial charge in [-0.15, -0.1) is 0 Å². The van der Waals surface area contributed by atoms with Gasteiger partial charge in [-0.1, -0.05) is 30.3 Å². The Labute approximate surface area is 161 Å². The van der Waals surface area contributed by atoms with Crippen LogP contribution in [0.3, 0.4) is 0 Å². The second kappa shape index (κ2) is 7.48. The Morgan fingerprint density at radius 3 is 2.75 bits per heavy atom. The van der Waals surface area contributed by atoms with E-state index in [0.717, 1.165) is 5.39 Å². The van der Waals surface area contributed by atoms with Crippen LogP contribution in [0.5, 0.6) is 0 Å². The van der Waals surface area contributed by atoms with Gasteiger partial charge in [0.05, 0.1) is 22.5 Å². The third kappa shape index (κ3) is 3.55. The lowest BCUT2D eigenvalue weighted by atomic mass is 10.1. The van der Waals surface area contributed by atoms with Gasteiger partial charge in [-0.25, -0.2) is 0 Å². The monoisotopic (exact) mass is 374 g/mol. The van der Waals surface area contributed by atoms with Gasteiger partial charge in [-0.3, -0.25) is 19.4 Å². The van der Waals surface area contributed by atoms with Crippen molar-refractivity contribution < 1.29 is 14.4 Å². The number of fused-ring (bicyclic) bond motifs is 2. The lowest BCUT2D eigenvalue weighted by molar-refractivity contribution is -0.118. The van der Waals surface area contributed by atoms with Gasteiger partial charge in [0.15, 0.2) is 0 Å². The molecule has 1 aromatic heterocycles. The van der Waals surface area contributed by atoms with E-state index in [0.29, 0.717) is 22.5 Å². The number of nitrogens with zero attached hydrogens (tertiary/aromatic N) is 1. The van der Waals surface area contributed by atoms with Crippen LogP contribution in [-0.2, 0) is 9.59 Å². The molecule has 28 heavy (non-hydrogen) atoms. The summed E-state index contributed by atoms with van der Waals surface area (Å²) in [7, 11) is 0. The summed E-state index contributed by atoms with van der Waals surface area (Å²) in [5.74, 6) is -0.919. The first-order valence-electron chi connectivity index (χ1n) is 8.96. The molecule has 7 heteroatoms. The highest BCUT2D eigenvalue weighted by Gasteiger charge is 2.27. The summed E-state index contributed by atoms with van der Waals surface area (Å²) in [6.45, 7) is 0. The van der Waals surface area contributed by atoms with Gasteiger partial charge in [0, 0.05) is 18.0 Å². The highest BCUT2D eigenvalue weighted by molar-refractivity contribution is 6.10. The average molecular weight is 374 g/mol. The Morgan fingerprint density at radius 1 is 1.04 bits per heavy atom. The quantitative estimate of drug-likeness (QED) is 0.654. The normalized spacial score (nSPS) is 15.9. The Balaban J connectivity index is 1.42. The third-order valence-electron chi connectivity index (χ3n) is 4.62. The maximum Gasteiger partial charge on any atom is 0.254 e. The average Bonchev–Trinajstić information content (AvgIpc) is 2.83. The maximum atomic E-state index is 12.4. The van der Waals surface area contributed by atoms with Gasteiger partial charge in [0.1, 0.15) is 6.04 Å². The minimum absolute atomic E-state index is 0.0813. The van der Waals surface area contributed by atoms with E-state index in [2.05, 4.69) is 20.9 Å². The predicted octanol–water partition coefficient (Wildman–Crippen LogP) is 2.70. The number of amides is 3. The zero-order valence-electron chi connectivity index (χ0n) is 14.9. The number of rotatable bonds is 4. The van der Waals surface area contributed by atoms with Crippen molar-refractivity contribution in [3.8, 4) is 0 Å². The van der Waals surface area contributed by atoms with Crippen molar-refractivity contribution >= 4 is 40.0 Å². The minimum Gasteiger partial charge on any atom is -0.340 e. The van der Waals surface area contributed by atoms with Crippen molar-refractivity contribution in [3.63, 3.8) is 0 Å². The van der Waals surface area contributed by atoms with E-state index in [9.17, 15) is 14.4 Å². The number of aromatic nitrogens is 1. The lowest BCUT2D eigenvalue weighted by Crippen LogP contribution is -2.41. The van der Waals surface area contributed by atoms with E-state index in [1.807, 2.05) is 24.3 Å². The minimum atomic E-state index is -0.781. The number of benzene rings is 2. The van der Waals surface area contributed by atoms with E-state index < -0.39 is 6.04 Å². The molecule has 1 aliphatic rings. The molecule has 3 aromatic rings. The van der Waals surface area contributed by atoms with Crippen LogP contribution in [0, 0.1) is 0 Å². The number of nitrogens with one attached hydrogen (secondary N) is 3. The zero-order valence-corrected chi connectivity index (χ0v) is 14.9. The molecular weight excluding hydrogens is 356 g/mol. The first-order chi connectivity index (χ1) is 13.6. The largest absolute Gasteiger partial charge is 0.340 e. The summed E-state index contributed by atoms with van der Waals surface area (Å²) in [5.41, 5.74) is 2.20. The molecular formula is C21H18N4O3. The topological polar surface area (TPSA) is 100 Å². The molecule has 0 fully saturated rings. The van der Waals surface area contributed by atoms with Crippen molar-refractivity contribution in [2.75, 3.05) is 10.6 Å². The number of pyridine rings is 1. The first-order valence-corrected chi connectivity index (χ1v) is 8.96. The molecule has 140 valence electrons. The van der Waals surface area contributed by atoms with Gasteiger partial charge in [-0.2, -0.15) is 0 Å². The van der Waals surface area contributed by atoms with E-state index in [1.54, 1.807) is 36.5 Å². The number of carbonyl (C=O) groups excluding carboxylic acids is 3. The van der Waals surface area contributed by atoms with E-state index >= 15 is 0 Å². The lowest BCUT2D eigenvalue weighted by Gasteiger charge is -2.14. The number of hydrogen-bond acceptors (Lipinski definition) is 4. The molecule has 2 heterocycles. The van der Waals surface area contributed by atoms with E-state index in [-0.39, 0.29) is 30.6 Å². The van der Waals surface area contributed by atoms with Crippen LogP contribution in [0.25, 0.3) is 10.9 Å². The molecule has 0 radical (unpaired) electrons. The van der Waals surface area contributed by atoms with Crippen LogP contribution in [-0.4, -0.2) is 28.7 Å². The smallest absolute Gasteiger partial charge is 0.254 e. The van der Waals surface area contributed by atoms with Crippen molar-refractivity contribution in [2.45, 2.75) is 18.9 Å². The van der Waals surface area contributed by atoms with Crippen molar-refractivity contribution in [1.29, 1.82) is 0 Å². The molecule has 3 amide bonds. The molecule has 1 aliphatic heterocycles. The second-order valence-corrected chi connectivity index (χ2v) is 6.53. The summed E-state index contributed by atoms with van der Waals surface area (Å²) in [5, 5.41) is 9.19. The summed E-state index contributed by atoms with van der Waals surface area (Å²) >= 11 is 0. The van der Waals surface area contributed by atoms with Gasteiger partial charge in [-0.05, 0) is 30.7 Å². The molecule has 0 spiro atoms. The summed E-state index contributed by atoms with van der Waals surface area (Å²) in [4.78, 5) is 41.4. The molecule has 2 aromatic carbocycles. The number of para-hydroxylation sites is 2. The molecule has 0 saturated carbocycles. The van der Waals surface area contributed by atoms with Gasteiger partial charge >= 0.3 is 0 Å². The zero-order chi connectivity index (χ0) is 19.5. The number of hydrogen-bond donors (Lipinski definition) is 3. The van der Waals surface area contributed by atoms with E-state index in [1.165, 1.54) is 0 Å². The van der Waals surface area contributed by atoms with Crippen molar-refractivity contribution in [3.05, 3.63) is 66.4 Å². The predicted molar refractivity (Wildman–Crippen MR) is 106 cm³/mol. The molecule has 0 bridgehead atoms. The Bertz CT molecular complexity index is 1070. The van der Waals surface area contributed by atoms with Crippen LogP contribution in [0.2, 0.25) is 0 Å². The fraction of sp³-hybridized carbons (Fsp3) is 0.143. The SMILES string of the molecule is O=C(CC[C@@H]1NC(=O)c2ccccc2NC1=O)Nc1cccc2cccnc12. The van der Waals surface area contributed by atoms with Crippen LogP contribution in [0.1, 0.15) is 23.2 Å². The number of anilines is 2. The van der Waals surface area contributed by atoms with Gasteiger partial charge in [0.25, 0.3) is 5.91 Å². The van der Waals surface area contributed by atoms with Gasteiger partial charge in [0.2, 0.25) is 11.8 Å². The standard InChI is InChI=1S/C21H18N4O3/c26-18(23-16-9-3-5-13-6-4-12-22-19(13)16)11-10-17-21(28)24-15-8-2-1-7-14(15)20(27)25-17/h1-9,12,17H,10-11H2,(H,23,26)(H,24,28)(H,25,27)/t17-/m0/s1. The number of carbonyl (C=O) groups is 3. The van der Waals surface area contributed by atoms with Crippen LogP contribution < -0.4 is 16.0 Å². The second-order valence-electron chi connectivity index (χ2n) is 6.53. The van der Waals surface area contributed by atoms with Crippen LogP contribution in [0.4, 0.5) is 11.4 Å². The Kier molecular flexibility index (Phi) is 4.72. The summed E-state index contributed by atoms with van der Waals surface area (Å²) in [6, 6.07) is 15.3. The summed E-state index contributed by atoms with van der Waals surface area (Å²) in [6.07, 6.45) is 1.94. The molecule has 0 saturated heterocycles. The molecule has 0 aliphatic carbocycles. The van der Waals surface area contributed by atoms with Crippen molar-refractivity contribution in [2.24, 2.45) is 0 Å². The molecule has 1 atom stereocenters.